The molecule has 0 aliphatic heterocycles. The second-order valence-corrected chi connectivity index (χ2v) is 4.65. The van der Waals surface area contributed by atoms with Crippen molar-refractivity contribution >= 4 is 58.2 Å². The fraction of sp³-hybridized carbons (Fsp3) is 0. The van der Waals surface area contributed by atoms with Crippen LogP contribution in [0.2, 0.25) is 10.0 Å². The zero-order valence-corrected chi connectivity index (χ0v) is 16.5. The Balaban J connectivity index is -0.0000000538. The maximum absolute atomic E-state index is 10.6. The first-order chi connectivity index (χ1) is 10.5. The zero-order chi connectivity index (χ0) is 16.5. The van der Waals surface area contributed by atoms with Gasteiger partial charge in [0.25, 0.3) is 0 Å². The van der Waals surface area contributed by atoms with E-state index in [9.17, 15) is 9.59 Å². The maximum atomic E-state index is 10.6. The van der Waals surface area contributed by atoms with Crippen LogP contribution in [0.15, 0.2) is 48.5 Å². The van der Waals surface area contributed by atoms with Crippen molar-refractivity contribution in [2.24, 2.45) is 0 Å². The Labute approximate surface area is 182 Å². The Kier molecular flexibility index (Phi) is 26.0. The third-order valence-electron chi connectivity index (χ3n) is 2.29. The number of rotatable bonds is 2. The molecule has 0 aliphatic rings. The van der Waals surface area contributed by atoms with Gasteiger partial charge in [-0.2, -0.15) is 10.5 Å². The van der Waals surface area contributed by atoms with Gasteiger partial charge in [0, 0.05) is 10.0 Å². The molecule has 0 heterocycles. The van der Waals surface area contributed by atoms with Crippen molar-refractivity contribution in [3.05, 3.63) is 69.7 Å². The van der Waals surface area contributed by atoms with Crippen LogP contribution in [0.3, 0.4) is 0 Å². The van der Waals surface area contributed by atoms with E-state index in [0.717, 1.165) is 0 Å². The Morgan fingerprint density at radius 1 is 0.741 bits per heavy atom. The van der Waals surface area contributed by atoms with Gasteiger partial charge in [0.05, 0.1) is 11.1 Å². The molecular formula is C14H20Cl2MgO10. The van der Waals surface area contributed by atoms with E-state index in [4.69, 9.17) is 33.7 Å². The van der Waals surface area contributed by atoms with E-state index in [1.807, 2.05) is 0 Å². The minimum Gasteiger partial charge on any atom is -1.00 e. The molecule has 27 heavy (non-hydrogen) atoms. The molecule has 10 nitrogen and oxygen atoms in total. The molecule has 0 unspecified atom stereocenters. The molecule has 13 heteroatoms. The molecule has 0 atom stereocenters. The van der Waals surface area contributed by atoms with Gasteiger partial charge in [0.2, 0.25) is 0 Å². The predicted octanol–water partition coefficient (Wildman–Crippen LogP) is 0.485. The Bertz CT molecular complexity index is 625. The number of carbonyl (C=O) groups is 2. The second-order valence-electron chi connectivity index (χ2n) is 3.78. The van der Waals surface area contributed by atoms with Crippen molar-refractivity contribution in [2.75, 3.05) is 0 Å². The van der Waals surface area contributed by atoms with E-state index >= 15 is 0 Å². The van der Waals surface area contributed by atoms with Crippen molar-refractivity contribution in [3.8, 4) is 0 Å². The van der Waals surface area contributed by atoms with Crippen molar-refractivity contribution in [2.45, 2.75) is 0 Å². The standard InChI is InChI=1S/2C7H5ClO3.Mg.4H2O.2H/c2*8-6-3-1-2-5(4-6)7(9)11-10;;;;;;;/h2*1-4,10H;;4*1H2;;/q;;+2;;;;;2*-1. The van der Waals surface area contributed by atoms with Gasteiger partial charge in [0.1, 0.15) is 0 Å². The van der Waals surface area contributed by atoms with Gasteiger partial charge in [0.15, 0.2) is 0 Å². The molecule has 10 N–H and O–H groups in total. The molecule has 2 aromatic carbocycles. The first-order valence-electron chi connectivity index (χ1n) is 5.70. The van der Waals surface area contributed by atoms with Crippen LogP contribution >= 0.6 is 23.2 Å². The monoisotopic (exact) mass is 442 g/mol. The van der Waals surface area contributed by atoms with Crippen LogP contribution in [0, 0.1) is 0 Å². The summed E-state index contributed by atoms with van der Waals surface area (Å²) < 4.78 is 0. The van der Waals surface area contributed by atoms with E-state index in [0.29, 0.717) is 10.0 Å². The topological polar surface area (TPSA) is 219 Å². The summed E-state index contributed by atoms with van der Waals surface area (Å²) in [7, 11) is 0. The van der Waals surface area contributed by atoms with Gasteiger partial charge in [-0.15, -0.1) is 0 Å². The minimum atomic E-state index is -0.813. The van der Waals surface area contributed by atoms with Crippen LogP contribution < -0.4 is 0 Å². The van der Waals surface area contributed by atoms with Crippen LogP contribution in [-0.4, -0.2) is 67.4 Å². The largest absolute Gasteiger partial charge is 2.00 e. The molecule has 0 amide bonds. The number of carbonyl (C=O) groups excluding carboxylic acids is 2. The molecule has 0 saturated carbocycles. The van der Waals surface area contributed by atoms with Crippen molar-refractivity contribution in [1.29, 1.82) is 0 Å². The molecule has 152 valence electrons. The fourth-order valence-electron chi connectivity index (χ4n) is 1.34. The van der Waals surface area contributed by atoms with Gasteiger partial charge < -0.3 is 24.8 Å². The molecule has 2 aromatic rings. The van der Waals surface area contributed by atoms with Gasteiger partial charge >= 0.3 is 35.0 Å². The van der Waals surface area contributed by atoms with Crippen LogP contribution in [0.1, 0.15) is 23.6 Å². The van der Waals surface area contributed by atoms with E-state index in [2.05, 4.69) is 9.78 Å². The summed E-state index contributed by atoms with van der Waals surface area (Å²) in [6.07, 6.45) is 0. The smallest absolute Gasteiger partial charge is 1.00 e. The number of hydrogen-bond donors (Lipinski definition) is 2. The summed E-state index contributed by atoms with van der Waals surface area (Å²) in [5.74, 6) is -1.63. The predicted molar refractivity (Wildman–Crippen MR) is 101 cm³/mol. The summed E-state index contributed by atoms with van der Waals surface area (Å²) in [5, 5.41) is 16.8. The maximum Gasteiger partial charge on any atom is 2.00 e. The molecule has 2 rings (SSSR count). The molecular weight excluding hydrogens is 423 g/mol. The number of hydrogen-bond acceptors (Lipinski definition) is 6. The third kappa shape index (κ3) is 13.3. The van der Waals surface area contributed by atoms with Gasteiger partial charge in [-0.1, -0.05) is 35.3 Å². The summed E-state index contributed by atoms with van der Waals surface area (Å²) in [6, 6.07) is 12.2. The van der Waals surface area contributed by atoms with Crippen molar-refractivity contribution in [3.63, 3.8) is 0 Å². The van der Waals surface area contributed by atoms with Gasteiger partial charge in [-0.25, -0.2) is 9.59 Å². The van der Waals surface area contributed by atoms with Crippen LogP contribution in [0.5, 0.6) is 0 Å². The first-order valence-corrected chi connectivity index (χ1v) is 6.46. The SMILES string of the molecule is O.O.O.O.O=C(OO)c1cccc(Cl)c1.O=C(OO)c1cccc(Cl)c1.[H-].[H-].[Mg+2]. The first kappa shape index (κ1) is 36.4. The molecule has 0 spiro atoms. The Morgan fingerprint density at radius 3 is 1.26 bits per heavy atom. The normalized spacial score (nSPS) is 7.56. The van der Waals surface area contributed by atoms with Crippen molar-refractivity contribution in [1.82, 2.24) is 0 Å². The van der Waals surface area contributed by atoms with Gasteiger partial charge in [-0.3, -0.25) is 9.78 Å². The van der Waals surface area contributed by atoms with Crippen molar-refractivity contribution < 1.29 is 54.6 Å². The zero-order valence-electron chi connectivity index (χ0n) is 15.6. The van der Waals surface area contributed by atoms with E-state index in [1.165, 1.54) is 24.3 Å². The summed E-state index contributed by atoms with van der Waals surface area (Å²) in [4.78, 5) is 28.3. The molecule has 0 aromatic heterocycles. The molecule has 0 aliphatic carbocycles. The van der Waals surface area contributed by atoms with E-state index < -0.39 is 11.9 Å². The average Bonchev–Trinajstić information content (AvgIpc) is 2.54. The summed E-state index contributed by atoms with van der Waals surface area (Å²) in [6.45, 7) is 0. The van der Waals surface area contributed by atoms with Crippen LogP contribution in [0.4, 0.5) is 0 Å². The molecule has 0 fully saturated rings. The second kappa shape index (κ2) is 19.3. The van der Waals surface area contributed by atoms with Crippen LogP contribution in [-0.2, 0) is 9.78 Å². The molecule has 0 saturated heterocycles. The Morgan fingerprint density at radius 2 is 1.04 bits per heavy atom. The number of benzene rings is 2. The minimum absolute atomic E-state index is 0. The quantitative estimate of drug-likeness (QED) is 0.381. The van der Waals surface area contributed by atoms with E-state index in [1.54, 1.807) is 24.3 Å². The summed E-state index contributed by atoms with van der Waals surface area (Å²) >= 11 is 11.1. The number of halogens is 2. The third-order valence-corrected chi connectivity index (χ3v) is 2.76. The van der Waals surface area contributed by atoms with Crippen LogP contribution in [0.25, 0.3) is 0 Å². The fourth-order valence-corrected chi connectivity index (χ4v) is 1.72. The van der Waals surface area contributed by atoms with Gasteiger partial charge in [-0.05, 0) is 36.4 Å². The summed E-state index contributed by atoms with van der Waals surface area (Å²) in [5.41, 5.74) is 0.444. The van der Waals surface area contributed by atoms with E-state index in [-0.39, 0.29) is 58.9 Å². The average molecular weight is 444 g/mol. The molecule has 0 bridgehead atoms. The molecule has 0 radical (unpaired) electrons. The Hall–Kier alpha value is -1.51.